The predicted molar refractivity (Wildman–Crippen MR) is 95.3 cm³/mol. The van der Waals surface area contributed by atoms with Crippen LogP contribution in [0.5, 0.6) is 0 Å². The summed E-state index contributed by atoms with van der Waals surface area (Å²) in [6, 6.07) is 15.1. The maximum Gasteiger partial charge on any atom is 0.265 e. The average Bonchev–Trinajstić information content (AvgIpc) is 3.08. The van der Waals surface area contributed by atoms with E-state index in [0.29, 0.717) is 0 Å². The Hall–Kier alpha value is -2.51. The van der Waals surface area contributed by atoms with Crippen molar-refractivity contribution in [3.63, 3.8) is 0 Å². The van der Waals surface area contributed by atoms with Gasteiger partial charge in [0.1, 0.15) is 10.0 Å². The maximum absolute atomic E-state index is 13.6. The van der Waals surface area contributed by atoms with Crippen molar-refractivity contribution in [2.75, 3.05) is 5.32 Å². The van der Waals surface area contributed by atoms with Crippen LogP contribution in [0.25, 0.3) is 0 Å². The second-order valence-corrected chi connectivity index (χ2v) is 8.63. The Kier molecular flexibility index (Phi) is 4.69. The van der Waals surface area contributed by atoms with E-state index >= 15 is 0 Å². The summed E-state index contributed by atoms with van der Waals surface area (Å²) in [4.78, 5) is 12.6. The van der Waals surface area contributed by atoms with Crippen molar-refractivity contribution < 1.29 is 17.6 Å². The molecule has 7 heteroatoms. The average molecular weight is 375 g/mol. The van der Waals surface area contributed by atoms with E-state index in [1.165, 1.54) is 42.5 Å². The number of amides is 1. The summed E-state index contributed by atoms with van der Waals surface area (Å²) in [5.41, 5.74) is 0.999. The monoisotopic (exact) mass is 375 g/mol. The molecular weight excluding hydrogens is 361 g/mol. The van der Waals surface area contributed by atoms with Gasteiger partial charge in [-0.1, -0.05) is 29.8 Å². The van der Waals surface area contributed by atoms with Crippen molar-refractivity contribution in [3.05, 3.63) is 76.9 Å². The Balaban J connectivity index is 1.85. The summed E-state index contributed by atoms with van der Waals surface area (Å²) in [5.74, 6) is -1.11. The molecule has 2 aromatic carbocycles. The molecular formula is C18H14FNO3S2. The fourth-order valence-corrected chi connectivity index (χ4v) is 4.77. The first-order chi connectivity index (χ1) is 11.9. The molecule has 0 aliphatic carbocycles. The molecule has 0 aliphatic rings. The number of anilines is 1. The Labute approximate surface area is 148 Å². The summed E-state index contributed by atoms with van der Waals surface area (Å²) < 4.78 is 38.9. The van der Waals surface area contributed by atoms with Gasteiger partial charge in [0, 0.05) is 0 Å². The topological polar surface area (TPSA) is 63.2 Å². The Morgan fingerprint density at radius 1 is 1.00 bits per heavy atom. The van der Waals surface area contributed by atoms with Gasteiger partial charge in [0.15, 0.2) is 0 Å². The number of benzene rings is 2. The lowest BCUT2D eigenvalue weighted by molar-refractivity contribution is 0.103. The third kappa shape index (κ3) is 3.62. The molecule has 4 nitrogen and oxygen atoms in total. The number of carbonyl (C=O) groups is 1. The van der Waals surface area contributed by atoms with Gasteiger partial charge in [-0.05, 0) is 43.3 Å². The lowest BCUT2D eigenvalue weighted by Crippen LogP contribution is -2.11. The number of sulfone groups is 1. The summed E-state index contributed by atoms with van der Waals surface area (Å²) in [6.45, 7) is 1.87. The Morgan fingerprint density at radius 3 is 2.36 bits per heavy atom. The van der Waals surface area contributed by atoms with Crippen LogP contribution in [-0.4, -0.2) is 14.3 Å². The number of rotatable bonds is 4. The number of hydrogen-bond acceptors (Lipinski definition) is 4. The Bertz CT molecular complexity index is 1020. The van der Waals surface area contributed by atoms with Crippen LogP contribution in [0.15, 0.2) is 69.8 Å². The first kappa shape index (κ1) is 17.3. The van der Waals surface area contributed by atoms with Gasteiger partial charge in [-0.2, -0.15) is 0 Å². The predicted octanol–water partition coefficient (Wildman–Crippen LogP) is 4.28. The molecule has 128 valence electrons. The van der Waals surface area contributed by atoms with Crippen LogP contribution < -0.4 is 5.32 Å². The van der Waals surface area contributed by atoms with Crippen LogP contribution in [0.2, 0.25) is 0 Å². The lowest BCUT2D eigenvalue weighted by atomic mass is 10.2. The van der Waals surface area contributed by atoms with Crippen molar-refractivity contribution >= 4 is 32.8 Å². The number of nitrogens with one attached hydrogen (secondary N) is 1. The highest BCUT2D eigenvalue weighted by molar-refractivity contribution is 7.93. The molecule has 0 saturated heterocycles. The van der Waals surface area contributed by atoms with Crippen LogP contribution in [0, 0.1) is 12.7 Å². The minimum atomic E-state index is -3.69. The maximum atomic E-state index is 13.6. The van der Waals surface area contributed by atoms with Gasteiger partial charge < -0.3 is 5.32 Å². The molecule has 0 bridgehead atoms. The number of para-hydroxylation sites is 1. The summed E-state index contributed by atoms with van der Waals surface area (Å²) in [6.07, 6.45) is 0. The third-order valence-electron chi connectivity index (χ3n) is 3.52. The lowest BCUT2D eigenvalue weighted by Gasteiger charge is -2.04. The minimum Gasteiger partial charge on any atom is -0.319 e. The van der Waals surface area contributed by atoms with Crippen LogP contribution in [0.3, 0.4) is 0 Å². The zero-order chi connectivity index (χ0) is 18.0. The van der Waals surface area contributed by atoms with Gasteiger partial charge in [-0.25, -0.2) is 12.8 Å². The van der Waals surface area contributed by atoms with E-state index in [9.17, 15) is 17.6 Å². The van der Waals surface area contributed by atoms with Crippen LogP contribution in [0.1, 0.15) is 15.2 Å². The van der Waals surface area contributed by atoms with Gasteiger partial charge in [-0.3, -0.25) is 4.79 Å². The third-order valence-corrected chi connectivity index (χ3v) is 6.87. The standard InChI is InChI=1S/C18H14FNO3S2/c1-12-6-8-13(9-7-12)25(22,23)17-11-10-16(24-17)18(21)20-15-5-3-2-4-14(15)19/h2-11H,1H3,(H,20,21). The molecule has 1 heterocycles. The molecule has 3 rings (SSSR count). The van der Waals surface area contributed by atoms with Crippen molar-refractivity contribution in [3.8, 4) is 0 Å². The van der Waals surface area contributed by atoms with E-state index in [2.05, 4.69) is 5.32 Å². The molecule has 0 atom stereocenters. The SMILES string of the molecule is Cc1ccc(S(=O)(=O)c2ccc(C(=O)Nc3ccccc3F)s2)cc1. The summed E-state index contributed by atoms with van der Waals surface area (Å²) >= 11 is 0.850. The van der Waals surface area contributed by atoms with E-state index in [1.807, 2.05) is 6.92 Å². The molecule has 1 aromatic heterocycles. The van der Waals surface area contributed by atoms with E-state index < -0.39 is 21.6 Å². The van der Waals surface area contributed by atoms with Gasteiger partial charge in [0.2, 0.25) is 9.84 Å². The highest BCUT2D eigenvalue weighted by atomic mass is 32.2. The molecule has 1 amide bonds. The molecule has 3 aromatic rings. The summed E-state index contributed by atoms with van der Waals surface area (Å²) in [5, 5.41) is 2.44. The fraction of sp³-hybridized carbons (Fsp3) is 0.0556. The van der Waals surface area contributed by atoms with E-state index in [1.54, 1.807) is 18.2 Å². The highest BCUT2D eigenvalue weighted by Gasteiger charge is 2.22. The van der Waals surface area contributed by atoms with Crippen LogP contribution in [0.4, 0.5) is 10.1 Å². The molecule has 0 aliphatic heterocycles. The quantitative estimate of drug-likeness (QED) is 0.740. The number of carbonyl (C=O) groups excluding carboxylic acids is 1. The number of halogens is 1. The first-order valence-electron chi connectivity index (χ1n) is 7.35. The normalized spacial score (nSPS) is 11.3. The van der Waals surface area contributed by atoms with Crippen molar-refractivity contribution in [2.24, 2.45) is 0 Å². The smallest absolute Gasteiger partial charge is 0.265 e. The molecule has 0 saturated carbocycles. The largest absolute Gasteiger partial charge is 0.319 e. The number of aryl methyl sites for hydroxylation is 1. The zero-order valence-corrected chi connectivity index (χ0v) is 14.8. The van der Waals surface area contributed by atoms with Gasteiger partial charge in [0.25, 0.3) is 5.91 Å². The van der Waals surface area contributed by atoms with Crippen molar-refractivity contribution in [1.29, 1.82) is 0 Å². The highest BCUT2D eigenvalue weighted by Crippen LogP contribution is 2.28. The van der Waals surface area contributed by atoms with Crippen LogP contribution in [-0.2, 0) is 9.84 Å². The number of hydrogen-bond donors (Lipinski definition) is 1. The molecule has 0 spiro atoms. The van der Waals surface area contributed by atoms with Gasteiger partial charge in [-0.15, -0.1) is 11.3 Å². The fourth-order valence-electron chi connectivity index (χ4n) is 2.17. The van der Waals surface area contributed by atoms with Gasteiger partial charge in [0.05, 0.1) is 15.5 Å². The number of thiophene rings is 1. The second kappa shape index (κ2) is 6.78. The molecule has 25 heavy (non-hydrogen) atoms. The molecule has 1 N–H and O–H groups in total. The molecule has 0 unspecified atom stereocenters. The first-order valence-corrected chi connectivity index (χ1v) is 9.65. The van der Waals surface area contributed by atoms with E-state index in [-0.39, 0.29) is 19.7 Å². The van der Waals surface area contributed by atoms with Crippen LogP contribution >= 0.6 is 11.3 Å². The molecule has 0 fully saturated rings. The van der Waals surface area contributed by atoms with Crippen molar-refractivity contribution in [2.45, 2.75) is 16.0 Å². The Morgan fingerprint density at radius 2 is 1.68 bits per heavy atom. The van der Waals surface area contributed by atoms with Gasteiger partial charge >= 0.3 is 0 Å². The van der Waals surface area contributed by atoms with E-state index in [0.717, 1.165) is 16.9 Å². The summed E-state index contributed by atoms with van der Waals surface area (Å²) in [7, 11) is -3.69. The zero-order valence-electron chi connectivity index (χ0n) is 13.2. The van der Waals surface area contributed by atoms with Crippen molar-refractivity contribution in [1.82, 2.24) is 0 Å². The molecule has 0 radical (unpaired) electrons. The minimum absolute atomic E-state index is 0.0452. The second-order valence-electron chi connectivity index (χ2n) is 5.37. The van der Waals surface area contributed by atoms with E-state index in [4.69, 9.17) is 0 Å².